The molecule has 1 unspecified atom stereocenters. The van der Waals surface area contributed by atoms with Crippen LogP contribution in [-0.2, 0) is 18.6 Å². The molecule has 0 aliphatic carbocycles. The Bertz CT molecular complexity index is 365. The molecule has 6 N–H and O–H groups in total. The number of hydrogen-bond acceptors (Lipinski definition) is 7. The summed E-state index contributed by atoms with van der Waals surface area (Å²) in [7, 11) is -4.85. The Hall–Kier alpha value is -0.580. The number of phosphoric ester groups is 1. The smallest absolute Gasteiger partial charge is 0.469 e. The number of carboxylic acids is 1. The number of aliphatic carboxylic acids is 1. The van der Waals surface area contributed by atoms with Crippen molar-refractivity contribution < 1.29 is 48.8 Å². The quantitative estimate of drug-likeness (QED) is 0.300. The second-order valence-corrected chi connectivity index (χ2v) is 5.03. The van der Waals surface area contributed by atoms with Crippen LogP contribution in [0.1, 0.15) is 6.42 Å². The zero-order valence-corrected chi connectivity index (χ0v) is 9.80. The molecular weight excluding hydrogens is 275 g/mol. The first-order valence-corrected chi connectivity index (χ1v) is 6.28. The summed E-state index contributed by atoms with van der Waals surface area (Å²) in [5, 5.41) is 37.0. The molecule has 0 radical (unpaired) electrons. The van der Waals surface area contributed by atoms with Crippen molar-refractivity contribution in [2.45, 2.75) is 30.5 Å². The fraction of sp³-hybridized carbons (Fsp3) is 0.857. The molecule has 0 spiro atoms. The number of rotatable bonds is 4. The van der Waals surface area contributed by atoms with Gasteiger partial charge in [0.2, 0.25) is 0 Å². The molecule has 0 aromatic heterocycles. The van der Waals surface area contributed by atoms with Crippen molar-refractivity contribution in [1.82, 2.24) is 0 Å². The maximum absolute atomic E-state index is 10.7. The second-order valence-electron chi connectivity index (χ2n) is 3.79. The maximum Gasteiger partial charge on any atom is 0.469 e. The number of carbonyl (C=O) groups is 1. The van der Waals surface area contributed by atoms with Gasteiger partial charge in [-0.05, 0) is 0 Å². The summed E-state index contributed by atoms with van der Waals surface area (Å²) in [6.07, 6.45) is -5.65. The van der Waals surface area contributed by atoms with E-state index in [1.165, 1.54) is 0 Å². The number of carboxylic acid groups (broad SMARTS) is 1. The van der Waals surface area contributed by atoms with Crippen molar-refractivity contribution in [1.29, 1.82) is 0 Å². The average Bonchev–Trinajstić information content (AvgIpc) is 2.20. The third-order valence-electron chi connectivity index (χ3n) is 2.35. The Morgan fingerprint density at radius 2 is 2.00 bits per heavy atom. The van der Waals surface area contributed by atoms with Gasteiger partial charge in [0.25, 0.3) is 5.79 Å². The molecule has 11 heteroatoms. The van der Waals surface area contributed by atoms with Gasteiger partial charge in [-0.15, -0.1) is 0 Å². The molecule has 0 aromatic rings. The SMILES string of the molecule is O=C(O)C1(O)C[C@@H](O)[C@H](O)[C@@H](COP(=O)(O)O)O1. The highest BCUT2D eigenvalue weighted by Crippen LogP contribution is 2.37. The zero-order chi connectivity index (χ0) is 14.1. The minimum absolute atomic E-state index is 0.782. The van der Waals surface area contributed by atoms with E-state index in [2.05, 4.69) is 9.26 Å². The highest BCUT2D eigenvalue weighted by Gasteiger charge is 2.50. The topological polar surface area (TPSA) is 174 Å². The molecule has 1 heterocycles. The van der Waals surface area contributed by atoms with Crippen LogP contribution in [0.5, 0.6) is 0 Å². The minimum Gasteiger partial charge on any atom is -0.477 e. The van der Waals surface area contributed by atoms with Gasteiger partial charge in [0, 0.05) is 6.42 Å². The monoisotopic (exact) mass is 288 g/mol. The standard InChI is InChI=1S/C7H13O10P/c8-3-1-7(12,6(10)11)17-4(5(3)9)2-16-18(13,14)15/h3-5,8-9,12H,1-2H2,(H,10,11)(H2,13,14,15)/t3-,4-,5+,7?/m1/s1. The molecule has 4 atom stereocenters. The molecule has 1 aliphatic heterocycles. The van der Waals surface area contributed by atoms with Crippen LogP contribution in [-0.4, -0.2) is 66.9 Å². The van der Waals surface area contributed by atoms with Crippen LogP contribution in [0.15, 0.2) is 0 Å². The zero-order valence-electron chi connectivity index (χ0n) is 8.91. The summed E-state index contributed by atoms with van der Waals surface area (Å²) in [4.78, 5) is 27.6. The molecule has 0 aromatic carbocycles. The van der Waals surface area contributed by atoms with Gasteiger partial charge in [0.05, 0.1) is 12.7 Å². The van der Waals surface area contributed by atoms with Gasteiger partial charge in [-0.2, -0.15) is 0 Å². The molecule has 1 rings (SSSR count). The van der Waals surface area contributed by atoms with Gasteiger partial charge >= 0.3 is 13.8 Å². The van der Waals surface area contributed by atoms with Crippen LogP contribution in [0.25, 0.3) is 0 Å². The van der Waals surface area contributed by atoms with Crippen LogP contribution in [0, 0.1) is 0 Å². The summed E-state index contributed by atoms with van der Waals surface area (Å²) < 4.78 is 19.1. The van der Waals surface area contributed by atoms with Crippen molar-refractivity contribution in [2.24, 2.45) is 0 Å². The van der Waals surface area contributed by atoms with Crippen molar-refractivity contribution >= 4 is 13.8 Å². The molecule has 0 bridgehead atoms. The molecule has 18 heavy (non-hydrogen) atoms. The Balaban J connectivity index is 2.76. The lowest BCUT2D eigenvalue weighted by Crippen LogP contribution is -2.59. The van der Waals surface area contributed by atoms with E-state index in [1.54, 1.807) is 0 Å². The third-order valence-corrected chi connectivity index (χ3v) is 2.83. The van der Waals surface area contributed by atoms with Crippen LogP contribution in [0.4, 0.5) is 0 Å². The first-order chi connectivity index (χ1) is 8.05. The van der Waals surface area contributed by atoms with E-state index in [0.717, 1.165) is 0 Å². The van der Waals surface area contributed by atoms with Crippen molar-refractivity contribution in [3.8, 4) is 0 Å². The Labute approximate surface area is 101 Å². The summed E-state index contributed by atoms with van der Waals surface area (Å²) in [6.45, 7) is -0.891. The number of aliphatic hydroxyl groups is 3. The van der Waals surface area contributed by atoms with E-state index < -0.39 is 50.9 Å². The largest absolute Gasteiger partial charge is 0.477 e. The predicted octanol–water partition coefficient (Wildman–Crippen LogP) is -2.62. The van der Waals surface area contributed by atoms with Crippen molar-refractivity contribution in [2.75, 3.05) is 6.61 Å². The first kappa shape index (κ1) is 15.5. The molecule has 1 aliphatic rings. The molecule has 1 saturated heterocycles. The van der Waals surface area contributed by atoms with Crippen LogP contribution in [0.3, 0.4) is 0 Å². The summed E-state index contributed by atoms with van der Waals surface area (Å²) in [5.74, 6) is -4.55. The summed E-state index contributed by atoms with van der Waals surface area (Å²) in [6, 6.07) is 0. The van der Waals surface area contributed by atoms with E-state index in [9.17, 15) is 24.7 Å². The highest BCUT2D eigenvalue weighted by atomic mass is 31.2. The highest BCUT2D eigenvalue weighted by molar-refractivity contribution is 7.46. The lowest BCUT2D eigenvalue weighted by Gasteiger charge is -2.39. The third kappa shape index (κ3) is 3.70. The lowest BCUT2D eigenvalue weighted by molar-refractivity contribution is -0.297. The Kier molecular flexibility index (Phi) is 4.47. The maximum atomic E-state index is 10.7. The Morgan fingerprint density at radius 1 is 1.44 bits per heavy atom. The number of ether oxygens (including phenoxy) is 1. The molecule has 1 fully saturated rings. The van der Waals surface area contributed by atoms with Crippen molar-refractivity contribution in [3.05, 3.63) is 0 Å². The first-order valence-electron chi connectivity index (χ1n) is 4.75. The van der Waals surface area contributed by atoms with Gasteiger partial charge < -0.3 is 34.9 Å². The summed E-state index contributed by atoms with van der Waals surface area (Å²) in [5.41, 5.74) is 0. The predicted molar refractivity (Wildman–Crippen MR) is 52.1 cm³/mol. The van der Waals surface area contributed by atoms with E-state index in [4.69, 9.17) is 14.9 Å². The molecule has 106 valence electrons. The minimum atomic E-state index is -4.85. The van der Waals surface area contributed by atoms with Crippen LogP contribution in [0.2, 0.25) is 0 Å². The van der Waals surface area contributed by atoms with Gasteiger partial charge in [-0.1, -0.05) is 0 Å². The molecule has 0 amide bonds. The lowest BCUT2D eigenvalue weighted by atomic mass is 9.96. The van der Waals surface area contributed by atoms with E-state index in [1.807, 2.05) is 0 Å². The second kappa shape index (κ2) is 5.19. The fourth-order valence-electron chi connectivity index (χ4n) is 1.46. The fourth-order valence-corrected chi connectivity index (χ4v) is 1.80. The normalized spacial score (nSPS) is 37.5. The summed E-state index contributed by atoms with van der Waals surface area (Å²) >= 11 is 0. The van der Waals surface area contributed by atoms with Crippen LogP contribution >= 0.6 is 7.82 Å². The van der Waals surface area contributed by atoms with E-state index in [0.29, 0.717) is 0 Å². The van der Waals surface area contributed by atoms with Crippen molar-refractivity contribution in [3.63, 3.8) is 0 Å². The van der Waals surface area contributed by atoms with Gasteiger partial charge in [-0.25, -0.2) is 9.36 Å². The van der Waals surface area contributed by atoms with Gasteiger partial charge in [0.1, 0.15) is 12.2 Å². The number of phosphoric acid groups is 1. The van der Waals surface area contributed by atoms with Gasteiger partial charge in [0.15, 0.2) is 0 Å². The van der Waals surface area contributed by atoms with E-state index >= 15 is 0 Å². The van der Waals surface area contributed by atoms with Gasteiger partial charge in [-0.3, -0.25) is 4.52 Å². The molecule has 10 nitrogen and oxygen atoms in total. The van der Waals surface area contributed by atoms with Crippen LogP contribution < -0.4 is 0 Å². The molecular formula is C7H13O10P. The Morgan fingerprint density at radius 3 is 2.44 bits per heavy atom. The number of hydrogen-bond donors (Lipinski definition) is 6. The number of aliphatic hydroxyl groups excluding tert-OH is 2. The molecule has 0 saturated carbocycles. The van der Waals surface area contributed by atoms with E-state index in [-0.39, 0.29) is 0 Å². The average molecular weight is 288 g/mol.